The molecule has 1 amide bonds. The lowest BCUT2D eigenvalue weighted by Crippen LogP contribution is -2.65. The summed E-state index contributed by atoms with van der Waals surface area (Å²) in [4.78, 5) is 28.2. The number of pyridine rings is 1. The average Bonchev–Trinajstić information content (AvgIpc) is 3.08. The zero-order chi connectivity index (χ0) is 12.9. The number of aromatic nitrogens is 1. The molecule has 1 aromatic heterocycles. The first-order valence-corrected chi connectivity index (χ1v) is 6.20. The third-order valence-electron chi connectivity index (χ3n) is 3.84. The van der Waals surface area contributed by atoms with Crippen LogP contribution >= 0.6 is 0 Å². The van der Waals surface area contributed by atoms with E-state index in [2.05, 4.69) is 4.98 Å². The van der Waals surface area contributed by atoms with Gasteiger partial charge < -0.3 is 15.0 Å². The molecule has 1 aliphatic heterocycles. The van der Waals surface area contributed by atoms with Gasteiger partial charge in [0.1, 0.15) is 11.2 Å². The number of likely N-dealkylation sites (tertiary alicyclic amines) is 1. The molecule has 1 aromatic rings. The number of aliphatic hydroxyl groups is 1. The summed E-state index contributed by atoms with van der Waals surface area (Å²) in [5.41, 5.74) is -0.0844. The van der Waals surface area contributed by atoms with Crippen molar-refractivity contribution in [3.63, 3.8) is 0 Å². The monoisotopic (exact) mass is 248 g/mol. The van der Waals surface area contributed by atoms with Gasteiger partial charge in [0.05, 0.1) is 13.1 Å². The van der Waals surface area contributed by atoms with Gasteiger partial charge >= 0.3 is 0 Å². The number of aromatic amines is 1. The summed E-state index contributed by atoms with van der Waals surface area (Å²) < 4.78 is 0. The van der Waals surface area contributed by atoms with Crippen molar-refractivity contribution in [1.82, 2.24) is 9.88 Å². The van der Waals surface area contributed by atoms with Crippen molar-refractivity contribution in [3.05, 3.63) is 33.7 Å². The van der Waals surface area contributed by atoms with Crippen molar-refractivity contribution in [2.45, 2.75) is 25.4 Å². The Hall–Kier alpha value is -1.62. The average molecular weight is 248 g/mol. The standard InChI is InChI=1S/C13H16N2O3/c1-8-4-11(16)10(5-14-8)12(17)15-6-13(18,7-15)9-2-3-9/h4-5,9,18H,2-3,6-7H2,1H3,(H,14,16). The summed E-state index contributed by atoms with van der Waals surface area (Å²) in [6, 6.07) is 1.42. The Labute approximate surface area is 104 Å². The van der Waals surface area contributed by atoms with Crippen molar-refractivity contribution in [2.24, 2.45) is 5.92 Å². The first kappa shape index (κ1) is 11.5. The van der Waals surface area contributed by atoms with Crippen molar-refractivity contribution < 1.29 is 9.90 Å². The van der Waals surface area contributed by atoms with Gasteiger partial charge in [-0.2, -0.15) is 0 Å². The Morgan fingerprint density at radius 3 is 2.72 bits per heavy atom. The van der Waals surface area contributed by atoms with E-state index in [1.54, 1.807) is 6.92 Å². The molecule has 0 unspecified atom stereocenters. The van der Waals surface area contributed by atoms with Gasteiger partial charge in [0.15, 0.2) is 5.43 Å². The highest BCUT2D eigenvalue weighted by Gasteiger charge is 2.53. The number of hydrogen-bond acceptors (Lipinski definition) is 3. The molecule has 18 heavy (non-hydrogen) atoms. The molecular weight excluding hydrogens is 232 g/mol. The minimum Gasteiger partial charge on any atom is -0.386 e. The SMILES string of the molecule is Cc1cc(=O)c(C(=O)N2CC(O)(C3CC3)C2)c[nH]1. The molecule has 5 nitrogen and oxygen atoms in total. The van der Waals surface area contributed by atoms with Gasteiger partial charge in [0, 0.05) is 18.0 Å². The molecule has 3 rings (SSSR count). The van der Waals surface area contributed by atoms with Gasteiger partial charge in [0.25, 0.3) is 5.91 Å². The van der Waals surface area contributed by atoms with Crippen molar-refractivity contribution in [2.75, 3.05) is 13.1 Å². The van der Waals surface area contributed by atoms with Crippen molar-refractivity contribution in [3.8, 4) is 0 Å². The van der Waals surface area contributed by atoms with Crippen LogP contribution in [0.2, 0.25) is 0 Å². The molecule has 2 fully saturated rings. The van der Waals surface area contributed by atoms with E-state index in [4.69, 9.17) is 0 Å². The highest BCUT2D eigenvalue weighted by Crippen LogP contribution is 2.44. The second-order valence-electron chi connectivity index (χ2n) is 5.43. The van der Waals surface area contributed by atoms with E-state index < -0.39 is 5.60 Å². The molecule has 0 radical (unpaired) electrons. The van der Waals surface area contributed by atoms with E-state index in [1.165, 1.54) is 17.2 Å². The lowest BCUT2D eigenvalue weighted by molar-refractivity contribution is -0.0958. The Kier molecular flexibility index (Phi) is 2.35. The minimum atomic E-state index is -0.701. The molecule has 2 N–H and O–H groups in total. The van der Waals surface area contributed by atoms with Gasteiger partial charge in [-0.1, -0.05) is 0 Å². The maximum atomic E-state index is 12.1. The summed E-state index contributed by atoms with van der Waals surface area (Å²) in [6.07, 6.45) is 3.54. The molecule has 5 heteroatoms. The maximum absolute atomic E-state index is 12.1. The van der Waals surface area contributed by atoms with Crippen LogP contribution in [0.5, 0.6) is 0 Å². The summed E-state index contributed by atoms with van der Waals surface area (Å²) in [5, 5.41) is 10.1. The van der Waals surface area contributed by atoms with Gasteiger partial charge in [0.2, 0.25) is 0 Å². The van der Waals surface area contributed by atoms with E-state index >= 15 is 0 Å². The van der Waals surface area contributed by atoms with E-state index in [9.17, 15) is 14.7 Å². The molecule has 1 saturated heterocycles. The third-order valence-corrected chi connectivity index (χ3v) is 3.84. The normalized spacial score (nSPS) is 21.6. The number of rotatable bonds is 2. The fourth-order valence-electron chi connectivity index (χ4n) is 2.55. The van der Waals surface area contributed by atoms with Gasteiger partial charge in [-0.25, -0.2) is 0 Å². The third kappa shape index (κ3) is 1.75. The van der Waals surface area contributed by atoms with E-state index in [1.807, 2.05) is 0 Å². The molecule has 1 aliphatic carbocycles. The Bertz CT molecular complexity index is 554. The minimum absolute atomic E-state index is 0.151. The largest absolute Gasteiger partial charge is 0.386 e. The number of carbonyl (C=O) groups is 1. The van der Waals surface area contributed by atoms with Crippen LogP contribution in [0.1, 0.15) is 28.9 Å². The first-order valence-electron chi connectivity index (χ1n) is 6.20. The van der Waals surface area contributed by atoms with E-state index in [-0.39, 0.29) is 16.9 Å². The predicted molar refractivity (Wildman–Crippen MR) is 65.4 cm³/mol. The number of amides is 1. The molecule has 0 spiro atoms. The van der Waals surface area contributed by atoms with E-state index in [0.717, 1.165) is 18.5 Å². The lowest BCUT2D eigenvalue weighted by Gasteiger charge is -2.46. The first-order chi connectivity index (χ1) is 8.49. The predicted octanol–water partition coefficient (Wildman–Crippen LogP) is 0.280. The van der Waals surface area contributed by atoms with Gasteiger partial charge in [-0.15, -0.1) is 0 Å². The van der Waals surface area contributed by atoms with E-state index in [0.29, 0.717) is 19.0 Å². The zero-order valence-corrected chi connectivity index (χ0v) is 10.3. The number of nitrogens with one attached hydrogen (secondary N) is 1. The quantitative estimate of drug-likeness (QED) is 0.789. The second-order valence-corrected chi connectivity index (χ2v) is 5.43. The van der Waals surface area contributed by atoms with Crippen LogP contribution in [0.25, 0.3) is 0 Å². The summed E-state index contributed by atoms with van der Waals surface area (Å²) >= 11 is 0. The van der Waals surface area contributed by atoms with Crippen LogP contribution in [0.3, 0.4) is 0 Å². The van der Waals surface area contributed by atoms with Crippen LogP contribution in [-0.2, 0) is 0 Å². The number of aryl methyl sites for hydroxylation is 1. The molecule has 96 valence electrons. The number of nitrogens with zero attached hydrogens (tertiary/aromatic N) is 1. The van der Waals surface area contributed by atoms with Crippen LogP contribution in [-0.4, -0.2) is 39.6 Å². The van der Waals surface area contributed by atoms with Gasteiger partial charge in [-0.3, -0.25) is 9.59 Å². The molecular formula is C13H16N2O3. The fraction of sp³-hybridized carbons (Fsp3) is 0.538. The smallest absolute Gasteiger partial charge is 0.259 e. The van der Waals surface area contributed by atoms with Crippen LogP contribution in [0.15, 0.2) is 17.1 Å². The summed E-state index contributed by atoms with van der Waals surface area (Å²) in [5.74, 6) is 0.0550. The Balaban J connectivity index is 1.74. The maximum Gasteiger partial charge on any atom is 0.259 e. The van der Waals surface area contributed by atoms with Crippen LogP contribution in [0.4, 0.5) is 0 Å². The molecule has 2 aliphatic rings. The topological polar surface area (TPSA) is 73.4 Å². The molecule has 0 atom stereocenters. The van der Waals surface area contributed by atoms with Crippen molar-refractivity contribution >= 4 is 5.91 Å². The fourth-order valence-corrected chi connectivity index (χ4v) is 2.55. The second kappa shape index (κ2) is 3.68. The molecule has 0 bridgehead atoms. The summed E-state index contributed by atoms with van der Waals surface area (Å²) in [7, 11) is 0. The van der Waals surface area contributed by atoms with Crippen LogP contribution in [0, 0.1) is 12.8 Å². The number of β-amino-alcohol motifs (C(OH)–C–C–N with tert-alkyl or cyclic N) is 1. The van der Waals surface area contributed by atoms with Gasteiger partial charge in [-0.05, 0) is 25.7 Å². The highest BCUT2D eigenvalue weighted by atomic mass is 16.3. The Morgan fingerprint density at radius 2 is 2.17 bits per heavy atom. The molecule has 0 aromatic carbocycles. The molecule has 1 saturated carbocycles. The van der Waals surface area contributed by atoms with Crippen molar-refractivity contribution in [1.29, 1.82) is 0 Å². The number of hydrogen-bond donors (Lipinski definition) is 2. The summed E-state index contributed by atoms with van der Waals surface area (Å²) in [6.45, 7) is 2.47. The Morgan fingerprint density at radius 1 is 1.50 bits per heavy atom. The molecule has 2 heterocycles. The van der Waals surface area contributed by atoms with Crippen LogP contribution < -0.4 is 5.43 Å². The zero-order valence-electron chi connectivity index (χ0n) is 10.3. The highest BCUT2D eigenvalue weighted by molar-refractivity contribution is 5.94. The number of H-pyrrole nitrogens is 1. The lowest BCUT2D eigenvalue weighted by atomic mass is 9.88. The number of carbonyl (C=O) groups excluding carboxylic acids is 1.